The van der Waals surface area contributed by atoms with E-state index in [0.29, 0.717) is 22.0 Å². The second kappa shape index (κ2) is 8.90. The van der Waals surface area contributed by atoms with Crippen LogP contribution in [-0.4, -0.2) is 22.2 Å². The molecule has 0 fully saturated rings. The lowest BCUT2D eigenvalue weighted by Gasteiger charge is -2.14. The minimum absolute atomic E-state index is 0.201. The quantitative estimate of drug-likeness (QED) is 0.476. The molecular weight excluding hydrogens is 453 g/mol. The number of halogens is 2. The molecule has 0 atom stereocenters. The van der Waals surface area contributed by atoms with Crippen molar-refractivity contribution in [3.05, 3.63) is 97.6 Å². The molecule has 0 aliphatic carbocycles. The second-order valence-corrected chi connectivity index (χ2v) is 7.72. The third-order valence-corrected chi connectivity index (χ3v) is 5.63. The highest BCUT2D eigenvalue weighted by molar-refractivity contribution is 6.42. The smallest absolute Gasteiger partial charge is 0.336 e. The lowest BCUT2D eigenvalue weighted by atomic mass is 10.2. The van der Waals surface area contributed by atoms with Gasteiger partial charge in [-0.1, -0.05) is 35.3 Å². The molecule has 1 heterocycles. The number of hydrogen-bond acceptors (Lipinski definition) is 4. The minimum Gasteiger partial charge on any atom is -0.497 e. The lowest BCUT2D eigenvalue weighted by molar-refractivity contribution is -0.116. The highest BCUT2D eigenvalue weighted by Crippen LogP contribution is 2.24. The Labute approximate surface area is 192 Å². The summed E-state index contributed by atoms with van der Waals surface area (Å²) in [6, 6.07) is 17.9. The molecule has 7 nitrogen and oxygen atoms in total. The minimum atomic E-state index is -0.669. The first-order valence-electron chi connectivity index (χ1n) is 9.53. The van der Waals surface area contributed by atoms with Crippen LogP contribution in [0.2, 0.25) is 10.0 Å². The number of hydrogen-bond donors (Lipinski definition) is 1. The van der Waals surface area contributed by atoms with Gasteiger partial charge in [-0.15, -0.1) is 0 Å². The van der Waals surface area contributed by atoms with E-state index in [2.05, 4.69) is 5.32 Å². The number of carbonyl (C=O) groups excluding carboxylic acids is 1. The molecule has 1 aromatic heterocycles. The van der Waals surface area contributed by atoms with Gasteiger partial charge in [0, 0.05) is 5.69 Å². The number of methoxy groups -OCH3 is 1. The van der Waals surface area contributed by atoms with Gasteiger partial charge >= 0.3 is 5.69 Å². The number of rotatable bonds is 5. The summed E-state index contributed by atoms with van der Waals surface area (Å²) in [5, 5.41) is 3.53. The number of para-hydroxylation sites is 1. The molecule has 0 spiro atoms. The number of fused-ring (bicyclic) bond motifs is 1. The van der Waals surface area contributed by atoms with Gasteiger partial charge in [-0.2, -0.15) is 0 Å². The van der Waals surface area contributed by atoms with Crippen molar-refractivity contribution in [2.45, 2.75) is 6.54 Å². The molecule has 0 unspecified atom stereocenters. The van der Waals surface area contributed by atoms with E-state index in [1.807, 2.05) is 0 Å². The lowest BCUT2D eigenvalue weighted by Crippen LogP contribution is -2.40. The Hall–Kier alpha value is -3.55. The molecule has 162 valence electrons. The van der Waals surface area contributed by atoms with Crippen LogP contribution in [0, 0.1) is 0 Å². The summed E-state index contributed by atoms with van der Waals surface area (Å²) in [5.74, 6) is 0.223. The molecule has 9 heteroatoms. The van der Waals surface area contributed by atoms with Gasteiger partial charge in [0.1, 0.15) is 12.3 Å². The van der Waals surface area contributed by atoms with Crippen molar-refractivity contribution in [2.75, 3.05) is 12.4 Å². The van der Waals surface area contributed by atoms with E-state index in [-0.39, 0.29) is 22.6 Å². The number of anilines is 1. The van der Waals surface area contributed by atoms with E-state index in [1.165, 1.54) is 22.8 Å². The summed E-state index contributed by atoms with van der Waals surface area (Å²) in [6.07, 6.45) is 0. The Morgan fingerprint density at radius 1 is 0.969 bits per heavy atom. The van der Waals surface area contributed by atoms with E-state index in [9.17, 15) is 14.4 Å². The van der Waals surface area contributed by atoms with Gasteiger partial charge in [0.15, 0.2) is 0 Å². The number of carbonyl (C=O) groups is 1. The maximum Gasteiger partial charge on any atom is 0.336 e. The zero-order chi connectivity index (χ0) is 22.8. The maximum absolute atomic E-state index is 13.3. The summed E-state index contributed by atoms with van der Waals surface area (Å²) in [6.45, 7) is -0.299. The Balaban J connectivity index is 1.79. The van der Waals surface area contributed by atoms with Crippen LogP contribution in [0.5, 0.6) is 5.75 Å². The van der Waals surface area contributed by atoms with Crippen LogP contribution >= 0.6 is 23.2 Å². The molecular formula is C23H17Cl2N3O4. The Morgan fingerprint density at radius 3 is 2.38 bits per heavy atom. The van der Waals surface area contributed by atoms with Crippen molar-refractivity contribution in [3.63, 3.8) is 0 Å². The molecule has 4 rings (SSSR count). The van der Waals surface area contributed by atoms with Crippen LogP contribution < -0.4 is 21.3 Å². The van der Waals surface area contributed by atoms with Crippen molar-refractivity contribution < 1.29 is 9.53 Å². The van der Waals surface area contributed by atoms with Crippen LogP contribution in [0.15, 0.2) is 76.3 Å². The molecule has 4 aromatic rings. The number of nitrogens with one attached hydrogen (secondary N) is 1. The third kappa shape index (κ3) is 4.12. The number of ether oxygens (including phenoxy) is 1. The van der Waals surface area contributed by atoms with Crippen LogP contribution in [0.25, 0.3) is 16.6 Å². The molecule has 32 heavy (non-hydrogen) atoms. The van der Waals surface area contributed by atoms with Crippen LogP contribution in [0.1, 0.15) is 0 Å². The molecule has 1 N–H and O–H groups in total. The van der Waals surface area contributed by atoms with Crippen molar-refractivity contribution in [2.24, 2.45) is 0 Å². The molecule has 0 aliphatic heterocycles. The van der Waals surface area contributed by atoms with Gasteiger partial charge in [0.25, 0.3) is 5.56 Å². The van der Waals surface area contributed by atoms with Gasteiger partial charge in [-0.3, -0.25) is 14.2 Å². The van der Waals surface area contributed by atoms with E-state index in [1.54, 1.807) is 55.6 Å². The number of benzene rings is 3. The standard InChI is InChI=1S/C23H17Cl2N3O4/c1-32-16-9-6-14(7-10-16)26-21(29)13-27-20-5-3-2-4-17(20)22(30)28(23(27)31)15-8-11-18(24)19(25)12-15/h2-12H,13H2,1H3,(H,26,29). The normalized spacial score (nSPS) is 10.8. The Bertz CT molecular complexity index is 1440. The van der Waals surface area contributed by atoms with Gasteiger partial charge in [0.2, 0.25) is 5.91 Å². The summed E-state index contributed by atoms with van der Waals surface area (Å²) in [5.41, 5.74) is -0.0353. The van der Waals surface area contributed by atoms with Gasteiger partial charge < -0.3 is 10.1 Å². The fourth-order valence-electron chi connectivity index (χ4n) is 3.34. The van der Waals surface area contributed by atoms with Gasteiger partial charge in [0.05, 0.1) is 33.7 Å². The largest absolute Gasteiger partial charge is 0.497 e. The highest BCUT2D eigenvalue weighted by atomic mass is 35.5. The summed E-state index contributed by atoms with van der Waals surface area (Å²) in [4.78, 5) is 39.2. The molecule has 0 saturated heterocycles. The average Bonchev–Trinajstić information content (AvgIpc) is 2.79. The van der Waals surface area contributed by atoms with Crippen LogP contribution in [0.3, 0.4) is 0 Å². The van der Waals surface area contributed by atoms with Gasteiger partial charge in [-0.05, 0) is 54.6 Å². The van der Waals surface area contributed by atoms with E-state index in [4.69, 9.17) is 27.9 Å². The first-order valence-corrected chi connectivity index (χ1v) is 10.3. The molecule has 0 bridgehead atoms. The monoisotopic (exact) mass is 469 g/mol. The van der Waals surface area contributed by atoms with E-state index in [0.717, 1.165) is 4.57 Å². The van der Waals surface area contributed by atoms with Crippen molar-refractivity contribution >= 4 is 45.7 Å². The average molecular weight is 470 g/mol. The van der Waals surface area contributed by atoms with E-state index >= 15 is 0 Å². The van der Waals surface area contributed by atoms with Crippen molar-refractivity contribution in [1.82, 2.24) is 9.13 Å². The summed E-state index contributed by atoms with van der Waals surface area (Å²) >= 11 is 12.1. The van der Waals surface area contributed by atoms with Crippen molar-refractivity contribution in [1.29, 1.82) is 0 Å². The molecule has 0 saturated carbocycles. The fraction of sp³-hybridized carbons (Fsp3) is 0.0870. The topological polar surface area (TPSA) is 82.3 Å². The molecule has 0 aliphatic rings. The number of aromatic nitrogens is 2. The van der Waals surface area contributed by atoms with Gasteiger partial charge in [-0.25, -0.2) is 9.36 Å². The Kier molecular flexibility index (Phi) is 6.03. The third-order valence-electron chi connectivity index (χ3n) is 4.89. The number of amides is 1. The predicted octanol–water partition coefficient (Wildman–Crippen LogP) is 4.11. The zero-order valence-corrected chi connectivity index (χ0v) is 18.4. The van der Waals surface area contributed by atoms with Crippen LogP contribution in [0.4, 0.5) is 5.69 Å². The summed E-state index contributed by atoms with van der Waals surface area (Å²) < 4.78 is 7.33. The molecule has 3 aromatic carbocycles. The van der Waals surface area contributed by atoms with Crippen LogP contribution in [-0.2, 0) is 11.3 Å². The van der Waals surface area contributed by atoms with E-state index < -0.39 is 17.2 Å². The highest BCUT2D eigenvalue weighted by Gasteiger charge is 2.17. The number of nitrogens with zero attached hydrogens (tertiary/aromatic N) is 2. The summed E-state index contributed by atoms with van der Waals surface area (Å²) in [7, 11) is 1.55. The Morgan fingerprint density at radius 2 is 1.69 bits per heavy atom. The maximum atomic E-state index is 13.3. The molecule has 1 amide bonds. The first kappa shape index (κ1) is 21.7. The molecule has 0 radical (unpaired) electrons. The first-order chi connectivity index (χ1) is 15.4. The zero-order valence-electron chi connectivity index (χ0n) is 16.8. The predicted molar refractivity (Wildman–Crippen MR) is 125 cm³/mol. The fourth-order valence-corrected chi connectivity index (χ4v) is 3.64. The van der Waals surface area contributed by atoms with Crippen molar-refractivity contribution in [3.8, 4) is 11.4 Å². The SMILES string of the molecule is COc1ccc(NC(=O)Cn2c(=O)n(-c3ccc(Cl)c(Cl)c3)c(=O)c3ccccc32)cc1. The second-order valence-electron chi connectivity index (χ2n) is 6.90.